The second-order valence-electron chi connectivity index (χ2n) is 5.27. The minimum atomic E-state index is -0.136. The molecular weight excluding hydrogens is 362 g/mol. The van der Waals surface area contributed by atoms with E-state index in [9.17, 15) is 9.59 Å². The summed E-state index contributed by atoms with van der Waals surface area (Å²) >= 11 is 4.31. The van der Waals surface area contributed by atoms with Crippen LogP contribution in [0.15, 0.2) is 35.0 Å². The summed E-state index contributed by atoms with van der Waals surface area (Å²) in [6.07, 6.45) is 0.720. The molecule has 4 heterocycles. The van der Waals surface area contributed by atoms with Crippen LogP contribution in [0.5, 0.6) is 0 Å². The van der Waals surface area contributed by atoms with Gasteiger partial charge in [-0.05, 0) is 22.9 Å². The highest BCUT2D eigenvalue weighted by molar-refractivity contribution is 7.16. The lowest BCUT2D eigenvalue weighted by molar-refractivity contribution is 0.0741. The lowest BCUT2D eigenvalue weighted by Gasteiger charge is -2.25. The first-order valence-electron chi connectivity index (χ1n) is 7.37. The van der Waals surface area contributed by atoms with Crippen molar-refractivity contribution in [1.82, 2.24) is 9.88 Å². The third-order valence-electron chi connectivity index (χ3n) is 3.72. The summed E-state index contributed by atoms with van der Waals surface area (Å²) < 4.78 is 0. The Morgan fingerprint density at radius 3 is 2.58 bits per heavy atom. The first kappa shape index (κ1) is 15.5. The summed E-state index contributed by atoms with van der Waals surface area (Å²) in [5.74, 6) is -0.0733. The number of anilines is 1. The minimum absolute atomic E-state index is 0.0632. The Kier molecular flexibility index (Phi) is 4.17. The molecular formula is C16H13N3O2S3. The average molecular weight is 376 g/mol. The Labute approximate surface area is 150 Å². The topological polar surface area (TPSA) is 62.3 Å². The van der Waals surface area contributed by atoms with Crippen LogP contribution in [0.25, 0.3) is 0 Å². The van der Waals surface area contributed by atoms with Gasteiger partial charge in [0, 0.05) is 17.8 Å². The standard InChI is InChI=1S/C16H13N3O2S3/c20-14(11-3-1-7-22-11)18-16-17-10-5-6-19(9-13(10)24-16)15(21)12-4-2-8-23-12/h1-4,7-8H,5-6,9H2,(H,17,18,20). The molecule has 1 aliphatic heterocycles. The fourth-order valence-corrected chi connectivity index (χ4v) is 4.87. The number of nitrogens with one attached hydrogen (secondary N) is 1. The molecule has 5 nitrogen and oxygen atoms in total. The maximum Gasteiger partial charge on any atom is 0.267 e. The Morgan fingerprint density at radius 2 is 1.88 bits per heavy atom. The molecule has 1 N–H and O–H groups in total. The zero-order valence-corrected chi connectivity index (χ0v) is 15.0. The molecule has 0 aromatic carbocycles. The van der Waals surface area contributed by atoms with Gasteiger partial charge in [-0.25, -0.2) is 4.98 Å². The fraction of sp³-hybridized carbons (Fsp3) is 0.188. The molecule has 0 atom stereocenters. The van der Waals surface area contributed by atoms with Gasteiger partial charge in [0.05, 0.1) is 22.0 Å². The van der Waals surface area contributed by atoms with Gasteiger partial charge < -0.3 is 4.90 Å². The molecule has 24 heavy (non-hydrogen) atoms. The SMILES string of the molecule is O=C(Nc1nc2c(s1)CN(C(=O)c1cccs1)CC2)c1cccs1. The highest BCUT2D eigenvalue weighted by Gasteiger charge is 2.25. The normalized spacial score (nSPS) is 13.6. The number of amides is 2. The molecule has 0 bridgehead atoms. The second-order valence-corrected chi connectivity index (χ2v) is 8.25. The van der Waals surface area contributed by atoms with Gasteiger partial charge in [-0.3, -0.25) is 14.9 Å². The molecule has 0 unspecified atom stereocenters. The number of rotatable bonds is 3. The number of thiazole rings is 1. The van der Waals surface area contributed by atoms with Gasteiger partial charge in [0.25, 0.3) is 11.8 Å². The highest BCUT2D eigenvalue weighted by Crippen LogP contribution is 2.30. The van der Waals surface area contributed by atoms with E-state index in [1.165, 1.54) is 34.0 Å². The van der Waals surface area contributed by atoms with Gasteiger partial charge >= 0.3 is 0 Å². The van der Waals surface area contributed by atoms with Crippen molar-refractivity contribution >= 4 is 51.0 Å². The number of fused-ring (bicyclic) bond motifs is 1. The third-order valence-corrected chi connectivity index (χ3v) is 6.44. The van der Waals surface area contributed by atoms with E-state index in [0.29, 0.717) is 23.1 Å². The predicted octanol–water partition coefficient (Wildman–Crippen LogP) is 3.72. The maximum atomic E-state index is 12.5. The summed E-state index contributed by atoms with van der Waals surface area (Å²) in [5.41, 5.74) is 0.983. The van der Waals surface area contributed by atoms with Gasteiger partial charge in [0.1, 0.15) is 0 Å². The van der Waals surface area contributed by atoms with Crippen molar-refractivity contribution in [1.29, 1.82) is 0 Å². The van der Waals surface area contributed by atoms with Gasteiger partial charge in [-0.15, -0.1) is 22.7 Å². The molecule has 3 aromatic rings. The van der Waals surface area contributed by atoms with Crippen molar-refractivity contribution in [2.75, 3.05) is 11.9 Å². The summed E-state index contributed by atoms with van der Waals surface area (Å²) in [7, 11) is 0. The van der Waals surface area contributed by atoms with E-state index in [4.69, 9.17) is 0 Å². The number of nitrogens with zero attached hydrogens (tertiary/aromatic N) is 2. The van der Waals surface area contributed by atoms with Crippen molar-refractivity contribution in [2.45, 2.75) is 13.0 Å². The van der Waals surface area contributed by atoms with Crippen LogP contribution in [0.2, 0.25) is 0 Å². The van der Waals surface area contributed by atoms with E-state index in [2.05, 4.69) is 10.3 Å². The zero-order chi connectivity index (χ0) is 16.5. The van der Waals surface area contributed by atoms with Crippen LogP contribution in [-0.2, 0) is 13.0 Å². The summed E-state index contributed by atoms with van der Waals surface area (Å²) in [4.78, 5) is 33.4. The van der Waals surface area contributed by atoms with Crippen LogP contribution in [0.1, 0.15) is 29.9 Å². The van der Waals surface area contributed by atoms with E-state index in [-0.39, 0.29) is 11.8 Å². The lowest BCUT2D eigenvalue weighted by atomic mass is 10.2. The van der Waals surface area contributed by atoms with Crippen molar-refractivity contribution in [3.63, 3.8) is 0 Å². The second kappa shape index (κ2) is 6.46. The van der Waals surface area contributed by atoms with Crippen LogP contribution in [0, 0.1) is 0 Å². The Hall–Kier alpha value is -2.03. The minimum Gasteiger partial charge on any atom is -0.332 e. The Bertz CT molecular complexity index is 869. The van der Waals surface area contributed by atoms with Crippen LogP contribution in [-0.4, -0.2) is 28.2 Å². The number of hydrogen-bond donors (Lipinski definition) is 1. The molecule has 1 aliphatic rings. The number of carbonyl (C=O) groups excluding carboxylic acids is 2. The fourth-order valence-electron chi connectivity index (χ4n) is 2.54. The maximum absolute atomic E-state index is 12.5. The monoisotopic (exact) mass is 375 g/mol. The van der Waals surface area contributed by atoms with Gasteiger partial charge in [0.2, 0.25) is 0 Å². The van der Waals surface area contributed by atoms with Gasteiger partial charge in [-0.1, -0.05) is 23.5 Å². The number of aromatic nitrogens is 1. The van der Waals surface area contributed by atoms with Gasteiger partial charge in [-0.2, -0.15) is 0 Å². The summed E-state index contributed by atoms with van der Waals surface area (Å²) in [6.45, 7) is 1.21. The summed E-state index contributed by atoms with van der Waals surface area (Å²) in [6, 6.07) is 7.37. The van der Waals surface area contributed by atoms with Crippen molar-refractivity contribution in [3.8, 4) is 0 Å². The van der Waals surface area contributed by atoms with Crippen LogP contribution < -0.4 is 5.32 Å². The number of thiophene rings is 2. The zero-order valence-electron chi connectivity index (χ0n) is 12.5. The Balaban J connectivity index is 1.48. The largest absolute Gasteiger partial charge is 0.332 e. The first-order chi connectivity index (χ1) is 11.7. The van der Waals surface area contributed by atoms with Crippen molar-refractivity contribution in [2.24, 2.45) is 0 Å². The molecule has 0 saturated carbocycles. The van der Waals surface area contributed by atoms with Crippen molar-refractivity contribution in [3.05, 3.63) is 55.4 Å². The van der Waals surface area contributed by atoms with Crippen LogP contribution >= 0.6 is 34.0 Å². The first-order valence-corrected chi connectivity index (χ1v) is 9.94. The molecule has 0 spiro atoms. The molecule has 2 amide bonds. The quantitative estimate of drug-likeness (QED) is 0.759. The van der Waals surface area contributed by atoms with Crippen LogP contribution in [0.3, 0.4) is 0 Å². The van der Waals surface area contributed by atoms with Crippen LogP contribution in [0.4, 0.5) is 5.13 Å². The molecule has 122 valence electrons. The van der Waals surface area contributed by atoms with Gasteiger partial charge in [0.15, 0.2) is 5.13 Å². The number of hydrogen-bond acceptors (Lipinski definition) is 6. The molecule has 0 aliphatic carbocycles. The molecule has 4 rings (SSSR count). The van der Waals surface area contributed by atoms with E-state index in [0.717, 1.165) is 21.9 Å². The lowest BCUT2D eigenvalue weighted by Crippen LogP contribution is -2.35. The van der Waals surface area contributed by atoms with E-state index in [1.807, 2.05) is 33.9 Å². The van der Waals surface area contributed by atoms with Crippen molar-refractivity contribution < 1.29 is 9.59 Å². The highest BCUT2D eigenvalue weighted by atomic mass is 32.1. The average Bonchev–Trinajstić information content (AvgIpc) is 3.32. The molecule has 3 aromatic heterocycles. The predicted molar refractivity (Wildman–Crippen MR) is 97.1 cm³/mol. The third kappa shape index (κ3) is 3.00. The summed E-state index contributed by atoms with van der Waals surface area (Å²) in [5, 5.41) is 7.23. The smallest absolute Gasteiger partial charge is 0.267 e. The molecule has 0 fully saturated rings. The molecule has 8 heteroatoms. The number of carbonyl (C=O) groups is 2. The van der Waals surface area contributed by atoms with E-state index >= 15 is 0 Å². The molecule has 0 saturated heterocycles. The molecule has 0 radical (unpaired) electrons. The Morgan fingerprint density at radius 1 is 1.12 bits per heavy atom. The van der Waals surface area contributed by atoms with E-state index in [1.54, 1.807) is 6.07 Å². The van der Waals surface area contributed by atoms with E-state index < -0.39 is 0 Å².